The van der Waals surface area contributed by atoms with E-state index in [1.807, 2.05) is 13.8 Å². The smallest absolute Gasteiger partial charge is 0.300 e. The summed E-state index contributed by atoms with van der Waals surface area (Å²) in [5.74, 6) is -0.432. The molecule has 1 amide bonds. The molecule has 0 saturated carbocycles. The molecule has 0 spiro atoms. The molecule has 1 unspecified atom stereocenters. The standard InChI is InChI=1S/C29H29NO7/c1-17(2)16-37-21-10-8-19(9-11-21)30-26(18-6-5-7-20(31)14-18)25(28(33)29(30)34)27(32)23-15-22(35-3)12-13-24(23)36-4/h5-15,17,26,31-32H,16H2,1-4H3/b27-25+. The predicted molar refractivity (Wildman–Crippen MR) is 139 cm³/mol. The van der Waals surface area contributed by atoms with Crippen molar-refractivity contribution >= 4 is 23.1 Å². The van der Waals surface area contributed by atoms with Gasteiger partial charge in [0.25, 0.3) is 11.7 Å². The predicted octanol–water partition coefficient (Wildman–Crippen LogP) is 5.07. The number of carbonyl (C=O) groups is 2. The van der Waals surface area contributed by atoms with Gasteiger partial charge in [-0.2, -0.15) is 0 Å². The third-order valence-corrected chi connectivity index (χ3v) is 5.99. The summed E-state index contributed by atoms with van der Waals surface area (Å²) in [5.41, 5.74) is 0.941. The minimum absolute atomic E-state index is 0.0421. The van der Waals surface area contributed by atoms with Crippen molar-refractivity contribution < 1.29 is 34.0 Å². The lowest BCUT2D eigenvalue weighted by Crippen LogP contribution is -2.29. The quantitative estimate of drug-likeness (QED) is 0.251. The molecular formula is C29H29NO7. The van der Waals surface area contributed by atoms with Crippen LogP contribution in [0.4, 0.5) is 5.69 Å². The zero-order valence-corrected chi connectivity index (χ0v) is 21.1. The first kappa shape index (κ1) is 25.6. The maximum Gasteiger partial charge on any atom is 0.300 e. The number of ether oxygens (including phenoxy) is 3. The van der Waals surface area contributed by atoms with E-state index in [0.717, 1.165) is 0 Å². The first-order chi connectivity index (χ1) is 17.7. The van der Waals surface area contributed by atoms with Crippen LogP contribution in [0.2, 0.25) is 0 Å². The Hall–Kier alpha value is -4.46. The highest BCUT2D eigenvalue weighted by Crippen LogP contribution is 2.44. The third kappa shape index (κ3) is 5.09. The van der Waals surface area contributed by atoms with E-state index < -0.39 is 23.5 Å². The van der Waals surface area contributed by atoms with Crippen LogP contribution in [0.5, 0.6) is 23.0 Å². The van der Waals surface area contributed by atoms with Crippen LogP contribution < -0.4 is 19.1 Å². The zero-order valence-electron chi connectivity index (χ0n) is 21.1. The summed E-state index contributed by atoms with van der Waals surface area (Å²) in [7, 11) is 2.92. The molecule has 1 aliphatic rings. The number of Topliss-reactive ketones (excluding diaryl/α,β-unsaturated/α-hetero) is 1. The van der Waals surface area contributed by atoms with Crippen molar-refractivity contribution in [1.82, 2.24) is 0 Å². The molecule has 2 N–H and O–H groups in total. The Labute approximate surface area is 215 Å². The molecule has 4 rings (SSSR count). The highest BCUT2D eigenvalue weighted by Gasteiger charge is 2.47. The van der Waals surface area contributed by atoms with Crippen molar-refractivity contribution in [3.05, 3.63) is 83.4 Å². The van der Waals surface area contributed by atoms with Gasteiger partial charge in [0.2, 0.25) is 0 Å². The second-order valence-electron chi connectivity index (χ2n) is 9.03. The van der Waals surface area contributed by atoms with Gasteiger partial charge in [0.1, 0.15) is 28.8 Å². The summed E-state index contributed by atoms with van der Waals surface area (Å²) in [5, 5.41) is 21.6. The third-order valence-electron chi connectivity index (χ3n) is 5.99. The lowest BCUT2D eigenvalue weighted by atomic mass is 9.94. The molecule has 3 aromatic carbocycles. The molecule has 37 heavy (non-hydrogen) atoms. The molecule has 8 heteroatoms. The number of anilines is 1. The van der Waals surface area contributed by atoms with Crippen LogP contribution in [-0.4, -0.2) is 42.7 Å². The fraction of sp³-hybridized carbons (Fsp3) is 0.241. The Morgan fingerprint density at radius 2 is 1.65 bits per heavy atom. The molecule has 1 saturated heterocycles. The first-order valence-corrected chi connectivity index (χ1v) is 11.8. The van der Waals surface area contributed by atoms with Crippen molar-refractivity contribution in [1.29, 1.82) is 0 Å². The van der Waals surface area contributed by atoms with E-state index >= 15 is 0 Å². The van der Waals surface area contributed by atoms with E-state index in [-0.39, 0.29) is 16.9 Å². The Balaban J connectivity index is 1.88. The fourth-order valence-electron chi connectivity index (χ4n) is 4.22. The molecular weight excluding hydrogens is 474 g/mol. The second-order valence-corrected chi connectivity index (χ2v) is 9.03. The normalized spacial score (nSPS) is 16.8. The van der Waals surface area contributed by atoms with Gasteiger partial charge in [-0.05, 0) is 66.1 Å². The van der Waals surface area contributed by atoms with Crippen LogP contribution in [0.25, 0.3) is 5.76 Å². The van der Waals surface area contributed by atoms with E-state index in [0.29, 0.717) is 41.0 Å². The van der Waals surface area contributed by atoms with Gasteiger partial charge in [0.15, 0.2) is 0 Å². The number of aromatic hydroxyl groups is 1. The molecule has 1 atom stereocenters. The number of benzene rings is 3. The highest BCUT2D eigenvalue weighted by molar-refractivity contribution is 6.51. The molecule has 1 heterocycles. The van der Waals surface area contributed by atoms with Gasteiger partial charge in [-0.1, -0.05) is 26.0 Å². The maximum absolute atomic E-state index is 13.4. The zero-order chi connectivity index (χ0) is 26.7. The van der Waals surface area contributed by atoms with Gasteiger partial charge in [0, 0.05) is 5.69 Å². The van der Waals surface area contributed by atoms with E-state index in [2.05, 4.69) is 0 Å². The number of hydrogen-bond acceptors (Lipinski definition) is 7. The van der Waals surface area contributed by atoms with Crippen LogP contribution in [0.3, 0.4) is 0 Å². The Kier molecular flexibility index (Phi) is 7.38. The van der Waals surface area contributed by atoms with Crippen LogP contribution in [0.15, 0.2) is 72.3 Å². The maximum atomic E-state index is 13.4. The van der Waals surface area contributed by atoms with Gasteiger partial charge in [-0.15, -0.1) is 0 Å². The first-order valence-electron chi connectivity index (χ1n) is 11.8. The van der Waals surface area contributed by atoms with Crippen LogP contribution in [-0.2, 0) is 9.59 Å². The van der Waals surface area contributed by atoms with Gasteiger partial charge in [-0.25, -0.2) is 0 Å². The van der Waals surface area contributed by atoms with Crippen molar-refractivity contribution in [2.24, 2.45) is 5.92 Å². The average Bonchev–Trinajstić information content (AvgIpc) is 3.17. The van der Waals surface area contributed by atoms with E-state index in [1.165, 1.54) is 37.3 Å². The molecule has 192 valence electrons. The van der Waals surface area contributed by atoms with E-state index in [4.69, 9.17) is 14.2 Å². The molecule has 0 radical (unpaired) electrons. The topological polar surface area (TPSA) is 106 Å². The molecule has 1 fully saturated rings. The van der Waals surface area contributed by atoms with Crippen LogP contribution >= 0.6 is 0 Å². The number of rotatable bonds is 8. The van der Waals surface area contributed by atoms with Crippen molar-refractivity contribution in [2.75, 3.05) is 25.7 Å². The number of methoxy groups -OCH3 is 2. The number of carbonyl (C=O) groups excluding carboxylic acids is 2. The van der Waals surface area contributed by atoms with E-state index in [9.17, 15) is 19.8 Å². The van der Waals surface area contributed by atoms with Crippen molar-refractivity contribution in [3.63, 3.8) is 0 Å². The van der Waals surface area contributed by atoms with Crippen LogP contribution in [0.1, 0.15) is 31.0 Å². The fourth-order valence-corrected chi connectivity index (χ4v) is 4.22. The summed E-state index contributed by atoms with van der Waals surface area (Å²) in [6, 6.07) is 16.8. The average molecular weight is 504 g/mol. The minimum atomic E-state index is -1.01. The highest BCUT2D eigenvalue weighted by atomic mass is 16.5. The van der Waals surface area contributed by atoms with Crippen molar-refractivity contribution in [3.8, 4) is 23.0 Å². The number of amides is 1. The Bertz CT molecular complexity index is 1340. The van der Waals surface area contributed by atoms with E-state index in [1.54, 1.807) is 48.5 Å². The molecule has 3 aromatic rings. The molecule has 8 nitrogen and oxygen atoms in total. The number of aliphatic hydroxyl groups excluding tert-OH is 1. The second kappa shape index (κ2) is 10.7. The molecule has 0 aliphatic carbocycles. The number of hydrogen-bond donors (Lipinski definition) is 2. The minimum Gasteiger partial charge on any atom is -0.508 e. The number of ketones is 1. The van der Waals surface area contributed by atoms with Gasteiger partial charge >= 0.3 is 0 Å². The van der Waals surface area contributed by atoms with Crippen molar-refractivity contribution in [2.45, 2.75) is 19.9 Å². The number of phenols is 1. The summed E-state index contributed by atoms with van der Waals surface area (Å²) < 4.78 is 16.4. The number of phenolic OH excluding ortho intramolecular Hbond substituents is 1. The molecule has 1 aliphatic heterocycles. The summed E-state index contributed by atoms with van der Waals surface area (Å²) in [6.45, 7) is 4.62. The lowest BCUT2D eigenvalue weighted by Gasteiger charge is -2.26. The van der Waals surface area contributed by atoms with Crippen LogP contribution in [0, 0.1) is 5.92 Å². The van der Waals surface area contributed by atoms with Gasteiger partial charge in [0.05, 0.1) is 38.0 Å². The monoisotopic (exact) mass is 503 g/mol. The Morgan fingerprint density at radius 3 is 2.27 bits per heavy atom. The number of aliphatic hydroxyl groups is 1. The number of nitrogens with zero attached hydrogens (tertiary/aromatic N) is 1. The summed E-state index contributed by atoms with van der Waals surface area (Å²) in [4.78, 5) is 28.1. The van der Waals surface area contributed by atoms with Gasteiger partial charge < -0.3 is 24.4 Å². The molecule has 0 bridgehead atoms. The summed E-state index contributed by atoms with van der Waals surface area (Å²) in [6.07, 6.45) is 0. The van der Waals surface area contributed by atoms with Gasteiger partial charge in [-0.3, -0.25) is 14.5 Å². The summed E-state index contributed by atoms with van der Waals surface area (Å²) >= 11 is 0. The largest absolute Gasteiger partial charge is 0.508 e. The molecule has 0 aromatic heterocycles. The Morgan fingerprint density at radius 1 is 0.946 bits per heavy atom. The SMILES string of the molecule is COc1ccc(OC)c(/C(O)=C2\C(=O)C(=O)N(c3ccc(OCC(C)C)cc3)C2c2cccc(O)c2)c1. The lowest BCUT2D eigenvalue weighted by molar-refractivity contribution is -0.132.